The second kappa shape index (κ2) is 3.47. The first-order chi connectivity index (χ1) is 6.11. The first-order valence-electron chi connectivity index (χ1n) is 3.99. The van der Waals surface area contributed by atoms with E-state index in [4.69, 9.17) is 0 Å². The Morgan fingerprint density at radius 3 is 2.54 bits per heavy atom. The molecule has 0 amide bonds. The van der Waals surface area contributed by atoms with Crippen LogP contribution in [0.2, 0.25) is 0 Å². The van der Waals surface area contributed by atoms with Gasteiger partial charge in [-0.25, -0.2) is 0 Å². The zero-order chi connectivity index (χ0) is 10.0. The van der Waals surface area contributed by atoms with Gasteiger partial charge in [0.05, 0.1) is 5.69 Å². The number of rotatable bonds is 3. The maximum Gasteiger partial charge on any atom is 0.170 e. The molecule has 70 valence electrons. The van der Waals surface area contributed by atoms with Crippen molar-refractivity contribution in [2.24, 2.45) is 5.18 Å². The van der Waals surface area contributed by atoms with Crippen molar-refractivity contribution in [2.75, 3.05) is 0 Å². The van der Waals surface area contributed by atoms with Crippen LogP contribution < -0.4 is 0 Å². The van der Waals surface area contributed by atoms with Crippen LogP contribution in [0.3, 0.4) is 0 Å². The molecule has 1 aromatic heterocycles. The van der Waals surface area contributed by atoms with Gasteiger partial charge in [0.2, 0.25) is 0 Å². The quantitative estimate of drug-likeness (QED) is 0.529. The Hall–Kier alpha value is -1.52. The Kier molecular flexibility index (Phi) is 2.55. The lowest BCUT2D eigenvalue weighted by Gasteiger charge is -2.05. The van der Waals surface area contributed by atoms with Gasteiger partial charge < -0.3 is 0 Å². The van der Waals surface area contributed by atoms with Crippen molar-refractivity contribution in [1.29, 1.82) is 0 Å². The Morgan fingerprint density at radius 1 is 1.54 bits per heavy atom. The van der Waals surface area contributed by atoms with Crippen molar-refractivity contribution in [3.05, 3.63) is 16.3 Å². The van der Waals surface area contributed by atoms with E-state index < -0.39 is 0 Å². The first kappa shape index (κ1) is 9.57. The van der Waals surface area contributed by atoms with E-state index in [1.165, 1.54) is 4.68 Å². The predicted octanol–water partition coefficient (Wildman–Crippen LogP) is 1.98. The Bertz CT molecular complexity index is 341. The summed E-state index contributed by atoms with van der Waals surface area (Å²) in [7, 11) is 0. The largest absolute Gasteiger partial charge is 0.296 e. The molecule has 5 heteroatoms. The third-order valence-electron chi connectivity index (χ3n) is 1.78. The van der Waals surface area contributed by atoms with Gasteiger partial charge in [-0.15, -0.1) is 4.91 Å². The van der Waals surface area contributed by atoms with E-state index >= 15 is 0 Å². The third-order valence-corrected chi connectivity index (χ3v) is 1.78. The van der Waals surface area contributed by atoms with Gasteiger partial charge in [-0.1, -0.05) is 0 Å². The second-order valence-corrected chi connectivity index (χ2v) is 3.07. The molecule has 0 radical (unpaired) electrons. The van der Waals surface area contributed by atoms with Crippen LogP contribution in [-0.2, 0) is 0 Å². The molecule has 1 rings (SSSR count). The van der Waals surface area contributed by atoms with Crippen LogP contribution >= 0.6 is 0 Å². The molecule has 0 spiro atoms. The summed E-state index contributed by atoms with van der Waals surface area (Å²) in [5, 5.41) is 6.82. The van der Waals surface area contributed by atoms with Crippen molar-refractivity contribution in [3.63, 3.8) is 0 Å². The maximum absolute atomic E-state index is 10.7. The molecule has 0 bridgehead atoms. The molecule has 5 nitrogen and oxygen atoms in total. The summed E-state index contributed by atoms with van der Waals surface area (Å²) < 4.78 is 1.50. The van der Waals surface area contributed by atoms with Gasteiger partial charge in [0.1, 0.15) is 5.69 Å². The van der Waals surface area contributed by atoms with Crippen molar-refractivity contribution in [3.8, 4) is 0 Å². The lowest BCUT2D eigenvalue weighted by molar-refractivity contribution is 0.111. The highest BCUT2D eigenvalue weighted by atomic mass is 16.3. The van der Waals surface area contributed by atoms with E-state index in [-0.39, 0.29) is 17.4 Å². The van der Waals surface area contributed by atoms with Gasteiger partial charge in [0, 0.05) is 6.04 Å². The summed E-state index contributed by atoms with van der Waals surface area (Å²) in [5.74, 6) is 0. The minimum atomic E-state index is 0.0504. The van der Waals surface area contributed by atoms with Crippen LogP contribution in [0.4, 0.5) is 5.69 Å². The minimum Gasteiger partial charge on any atom is -0.296 e. The summed E-state index contributed by atoms with van der Waals surface area (Å²) in [6.07, 6.45) is 0.608. The van der Waals surface area contributed by atoms with Gasteiger partial charge in [-0.2, -0.15) is 5.10 Å². The van der Waals surface area contributed by atoms with E-state index in [9.17, 15) is 9.70 Å². The fourth-order valence-corrected chi connectivity index (χ4v) is 1.17. The van der Waals surface area contributed by atoms with E-state index in [1.54, 1.807) is 6.92 Å². The molecular weight excluding hydrogens is 170 g/mol. The van der Waals surface area contributed by atoms with Crippen LogP contribution in [0.5, 0.6) is 0 Å². The number of hydrogen-bond donors (Lipinski definition) is 0. The number of aldehydes is 1. The number of hydrogen-bond acceptors (Lipinski definition) is 4. The van der Waals surface area contributed by atoms with E-state index in [1.807, 2.05) is 13.8 Å². The number of carbonyl (C=O) groups is 1. The van der Waals surface area contributed by atoms with Crippen LogP contribution in [0, 0.1) is 11.8 Å². The third kappa shape index (κ3) is 1.49. The molecule has 0 aromatic carbocycles. The summed E-state index contributed by atoms with van der Waals surface area (Å²) in [4.78, 5) is 21.0. The zero-order valence-electron chi connectivity index (χ0n) is 7.81. The van der Waals surface area contributed by atoms with E-state index in [0.717, 1.165) is 0 Å². The molecule has 0 saturated carbocycles. The average Bonchev–Trinajstić information content (AvgIpc) is 2.41. The summed E-state index contributed by atoms with van der Waals surface area (Å²) in [6.45, 7) is 5.42. The van der Waals surface area contributed by atoms with Gasteiger partial charge in [0.25, 0.3) is 0 Å². The number of carbonyl (C=O) groups excluding carboxylic acids is 1. The topological polar surface area (TPSA) is 64.3 Å². The standard InChI is InChI=1S/C8H11N3O2/c1-5(2)11-7(4-12)8(10-13)6(3)9-11/h4-5H,1-3H3. The number of aryl methyl sites for hydroxylation is 1. The Balaban J connectivity index is 3.37. The highest BCUT2D eigenvalue weighted by Crippen LogP contribution is 2.24. The summed E-state index contributed by atoms with van der Waals surface area (Å²) in [6, 6.07) is 0.0504. The highest BCUT2D eigenvalue weighted by Gasteiger charge is 2.16. The first-order valence-corrected chi connectivity index (χ1v) is 3.99. The molecule has 0 unspecified atom stereocenters. The summed E-state index contributed by atoms with van der Waals surface area (Å²) in [5.41, 5.74) is 0.886. The molecule has 1 aromatic rings. The molecule has 0 aliphatic heterocycles. The smallest absolute Gasteiger partial charge is 0.170 e. The molecule has 0 N–H and O–H groups in total. The molecule has 0 atom stereocenters. The number of aromatic nitrogens is 2. The van der Waals surface area contributed by atoms with Gasteiger partial charge in [-0.05, 0) is 25.9 Å². The van der Waals surface area contributed by atoms with Crippen molar-refractivity contribution >= 4 is 12.0 Å². The van der Waals surface area contributed by atoms with Gasteiger partial charge >= 0.3 is 0 Å². The van der Waals surface area contributed by atoms with Crippen molar-refractivity contribution < 1.29 is 4.79 Å². The monoisotopic (exact) mass is 181 g/mol. The zero-order valence-corrected chi connectivity index (χ0v) is 7.81. The van der Waals surface area contributed by atoms with Crippen molar-refractivity contribution in [2.45, 2.75) is 26.8 Å². The lowest BCUT2D eigenvalue weighted by Crippen LogP contribution is -2.06. The molecular formula is C8H11N3O2. The Morgan fingerprint density at radius 2 is 2.15 bits per heavy atom. The van der Waals surface area contributed by atoms with Gasteiger partial charge in [0.15, 0.2) is 12.0 Å². The fraction of sp³-hybridized carbons (Fsp3) is 0.500. The lowest BCUT2D eigenvalue weighted by atomic mass is 10.3. The van der Waals surface area contributed by atoms with E-state index in [0.29, 0.717) is 12.0 Å². The van der Waals surface area contributed by atoms with Gasteiger partial charge in [-0.3, -0.25) is 9.48 Å². The van der Waals surface area contributed by atoms with E-state index in [2.05, 4.69) is 10.3 Å². The molecule has 1 heterocycles. The number of nitroso groups, excluding NO2 is 1. The summed E-state index contributed by atoms with van der Waals surface area (Å²) >= 11 is 0. The van der Waals surface area contributed by atoms with Crippen LogP contribution in [0.25, 0.3) is 0 Å². The normalized spacial score (nSPS) is 10.5. The molecule has 13 heavy (non-hydrogen) atoms. The van der Waals surface area contributed by atoms with Crippen LogP contribution in [0.15, 0.2) is 5.18 Å². The fourth-order valence-electron chi connectivity index (χ4n) is 1.17. The molecule has 0 aliphatic carbocycles. The van der Waals surface area contributed by atoms with Crippen molar-refractivity contribution in [1.82, 2.24) is 9.78 Å². The minimum absolute atomic E-state index is 0.0504. The molecule has 0 fully saturated rings. The predicted molar refractivity (Wildman–Crippen MR) is 48.2 cm³/mol. The van der Waals surface area contributed by atoms with Crippen LogP contribution in [-0.4, -0.2) is 16.1 Å². The van der Waals surface area contributed by atoms with Crippen LogP contribution in [0.1, 0.15) is 36.1 Å². The average molecular weight is 181 g/mol. The number of nitrogens with zero attached hydrogens (tertiary/aromatic N) is 3. The maximum atomic E-state index is 10.7. The molecule has 0 saturated heterocycles. The second-order valence-electron chi connectivity index (χ2n) is 3.07. The SMILES string of the molecule is Cc1nn(C(C)C)c(C=O)c1N=O. The molecule has 0 aliphatic rings. The highest BCUT2D eigenvalue weighted by molar-refractivity contribution is 5.81. The Labute approximate surface area is 75.7 Å².